The van der Waals surface area contributed by atoms with Crippen molar-refractivity contribution < 1.29 is 23.5 Å². The fourth-order valence-electron chi connectivity index (χ4n) is 3.50. The zero-order chi connectivity index (χ0) is 25.0. The summed E-state index contributed by atoms with van der Waals surface area (Å²) in [5.41, 5.74) is 3.36. The molecule has 2 aromatic carbocycles. The number of thiophene rings is 1. The van der Waals surface area contributed by atoms with E-state index in [2.05, 4.69) is 21.2 Å². The van der Waals surface area contributed by atoms with Crippen LogP contribution in [-0.4, -0.2) is 25.6 Å². The first-order valence-electron chi connectivity index (χ1n) is 10.5. The van der Waals surface area contributed by atoms with Crippen molar-refractivity contribution in [2.24, 2.45) is 0 Å². The average Bonchev–Trinajstić information content (AvgIpc) is 3.13. The fraction of sp³-hybridized carbons (Fsp3) is 0.280. The molecular formula is C25H24BrClFNO4S. The summed E-state index contributed by atoms with van der Waals surface area (Å²) in [6, 6.07) is 7.70. The number of carbonyl (C=O) groups is 2. The third kappa shape index (κ3) is 5.79. The van der Waals surface area contributed by atoms with Crippen LogP contribution in [-0.2, 0) is 9.53 Å². The number of nitrogens with one attached hydrogen (secondary N) is 1. The molecule has 180 valence electrons. The zero-order valence-electron chi connectivity index (χ0n) is 19.2. The van der Waals surface area contributed by atoms with E-state index in [4.69, 9.17) is 21.1 Å². The van der Waals surface area contributed by atoms with Gasteiger partial charge >= 0.3 is 5.97 Å². The maximum Gasteiger partial charge on any atom is 0.341 e. The van der Waals surface area contributed by atoms with Crippen molar-refractivity contribution in [2.45, 2.75) is 33.6 Å². The number of halogens is 3. The number of esters is 1. The molecule has 0 atom stereocenters. The summed E-state index contributed by atoms with van der Waals surface area (Å²) in [5.74, 6) is -0.516. The Labute approximate surface area is 215 Å². The molecule has 5 nitrogen and oxygen atoms in total. The molecular weight excluding hydrogens is 545 g/mol. The second-order valence-electron chi connectivity index (χ2n) is 7.68. The Kier molecular flexibility index (Phi) is 8.73. The summed E-state index contributed by atoms with van der Waals surface area (Å²) < 4.78 is 25.0. The van der Waals surface area contributed by atoms with E-state index in [1.807, 2.05) is 26.8 Å². The normalized spacial score (nSPS) is 10.8. The highest BCUT2D eigenvalue weighted by atomic mass is 79.9. The van der Waals surface area contributed by atoms with E-state index in [-0.39, 0.29) is 23.7 Å². The Morgan fingerprint density at radius 1 is 1.18 bits per heavy atom. The summed E-state index contributed by atoms with van der Waals surface area (Å²) in [5, 5.41) is 3.92. The Hall–Kier alpha value is -2.42. The standard InChI is InChI=1S/C25H24BrClFNO4S/c1-13-12-18(22(26)14(2)23(13)27)33-11-5-6-19(30)29-24-21(25(31)32-4)20(15(3)34-24)16-7-9-17(28)10-8-16/h7-10,12H,5-6,11H2,1-4H3,(H,29,30). The maximum atomic E-state index is 13.4. The monoisotopic (exact) mass is 567 g/mol. The summed E-state index contributed by atoms with van der Waals surface area (Å²) in [6.45, 7) is 5.99. The Balaban J connectivity index is 1.69. The number of rotatable bonds is 8. The highest BCUT2D eigenvalue weighted by Crippen LogP contribution is 2.40. The SMILES string of the molecule is COC(=O)c1c(NC(=O)CCCOc2cc(C)c(Cl)c(C)c2Br)sc(C)c1-c1ccc(F)cc1. The van der Waals surface area contributed by atoms with Crippen molar-refractivity contribution >= 4 is 55.7 Å². The van der Waals surface area contributed by atoms with Gasteiger partial charge in [-0.15, -0.1) is 11.3 Å². The number of ether oxygens (including phenoxy) is 2. The van der Waals surface area contributed by atoms with Crippen molar-refractivity contribution in [1.82, 2.24) is 0 Å². The molecule has 1 amide bonds. The minimum absolute atomic E-state index is 0.201. The number of carbonyl (C=O) groups excluding carboxylic acids is 2. The molecule has 0 spiro atoms. The predicted octanol–water partition coefficient (Wildman–Crippen LogP) is 7.48. The molecule has 0 radical (unpaired) electrons. The van der Waals surface area contributed by atoms with Crippen LogP contribution in [0, 0.1) is 26.6 Å². The third-order valence-electron chi connectivity index (χ3n) is 5.23. The topological polar surface area (TPSA) is 64.6 Å². The Bertz CT molecular complexity index is 1230. The van der Waals surface area contributed by atoms with Crippen LogP contribution in [0.15, 0.2) is 34.8 Å². The van der Waals surface area contributed by atoms with E-state index in [1.54, 1.807) is 12.1 Å². The molecule has 0 saturated carbocycles. The molecule has 0 aliphatic rings. The van der Waals surface area contributed by atoms with Gasteiger partial charge in [0.2, 0.25) is 5.91 Å². The molecule has 1 N–H and O–H groups in total. The molecule has 0 saturated heterocycles. The van der Waals surface area contributed by atoms with Crippen LogP contribution >= 0.6 is 38.9 Å². The Morgan fingerprint density at radius 3 is 2.50 bits per heavy atom. The molecule has 1 heterocycles. The second-order valence-corrected chi connectivity index (χ2v) is 10.1. The largest absolute Gasteiger partial charge is 0.492 e. The number of hydrogen-bond acceptors (Lipinski definition) is 5. The first-order valence-corrected chi connectivity index (χ1v) is 12.5. The lowest BCUT2D eigenvalue weighted by Gasteiger charge is -2.13. The molecule has 0 bridgehead atoms. The first kappa shape index (κ1) is 26.2. The fourth-order valence-corrected chi connectivity index (χ4v) is 5.27. The van der Waals surface area contributed by atoms with Crippen LogP contribution < -0.4 is 10.1 Å². The van der Waals surface area contributed by atoms with Crippen molar-refractivity contribution in [3.8, 4) is 16.9 Å². The number of hydrogen-bond donors (Lipinski definition) is 1. The van der Waals surface area contributed by atoms with Gasteiger partial charge in [0, 0.05) is 21.9 Å². The highest BCUT2D eigenvalue weighted by Gasteiger charge is 2.25. The van der Waals surface area contributed by atoms with Crippen molar-refractivity contribution in [3.05, 3.63) is 67.2 Å². The van der Waals surface area contributed by atoms with Crippen LogP contribution in [0.25, 0.3) is 11.1 Å². The number of anilines is 1. The van der Waals surface area contributed by atoms with Gasteiger partial charge < -0.3 is 14.8 Å². The molecule has 3 aromatic rings. The van der Waals surface area contributed by atoms with E-state index in [0.717, 1.165) is 20.5 Å². The number of aryl methyl sites for hydroxylation is 2. The smallest absolute Gasteiger partial charge is 0.341 e. The van der Waals surface area contributed by atoms with Crippen molar-refractivity contribution in [3.63, 3.8) is 0 Å². The summed E-state index contributed by atoms with van der Waals surface area (Å²) in [6.07, 6.45) is 0.675. The van der Waals surface area contributed by atoms with E-state index in [1.165, 1.54) is 30.6 Å². The van der Waals surface area contributed by atoms with Crippen LogP contribution in [0.5, 0.6) is 5.75 Å². The minimum Gasteiger partial charge on any atom is -0.492 e. The van der Waals surface area contributed by atoms with E-state index < -0.39 is 5.97 Å². The molecule has 1 aromatic heterocycles. The van der Waals surface area contributed by atoms with E-state index in [0.29, 0.717) is 39.9 Å². The molecule has 34 heavy (non-hydrogen) atoms. The van der Waals surface area contributed by atoms with Crippen molar-refractivity contribution in [2.75, 3.05) is 19.0 Å². The second kappa shape index (κ2) is 11.3. The zero-order valence-corrected chi connectivity index (χ0v) is 22.3. The van der Waals surface area contributed by atoms with Crippen molar-refractivity contribution in [1.29, 1.82) is 0 Å². The highest BCUT2D eigenvalue weighted by molar-refractivity contribution is 9.10. The summed E-state index contributed by atoms with van der Waals surface area (Å²) in [4.78, 5) is 26.0. The lowest BCUT2D eigenvalue weighted by Crippen LogP contribution is -2.15. The van der Waals surface area contributed by atoms with Crippen LogP contribution in [0.4, 0.5) is 9.39 Å². The summed E-state index contributed by atoms with van der Waals surface area (Å²) >= 11 is 11.0. The quantitative estimate of drug-likeness (QED) is 0.226. The van der Waals surface area contributed by atoms with Gasteiger partial charge in [-0.2, -0.15) is 0 Å². The third-order valence-corrected chi connectivity index (χ3v) is 7.82. The van der Waals surface area contributed by atoms with Gasteiger partial charge in [-0.1, -0.05) is 23.7 Å². The molecule has 3 rings (SSSR count). The van der Waals surface area contributed by atoms with E-state index in [9.17, 15) is 14.0 Å². The van der Waals surface area contributed by atoms with Crippen LogP contribution in [0.1, 0.15) is 39.2 Å². The van der Waals surface area contributed by atoms with Gasteiger partial charge in [0.05, 0.1) is 18.2 Å². The van der Waals surface area contributed by atoms with Gasteiger partial charge in [0.1, 0.15) is 22.1 Å². The molecule has 0 aliphatic carbocycles. The van der Waals surface area contributed by atoms with Gasteiger partial charge in [0.15, 0.2) is 0 Å². The number of methoxy groups -OCH3 is 1. The molecule has 9 heteroatoms. The lowest BCUT2D eigenvalue weighted by atomic mass is 10.0. The average molecular weight is 569 g/mol. The van der Waals surface area contributed by atoms with Crippen LogP contribution in [0.3, 0.4) is 0 Å². The molecule has 0 fully saturated rings. The first-order chi connectivity index (χ1) is 16.1. The Morgan fingerprint density at radius 2 is 1.85 bits per heavy atom. The number of benzene rings is 2. The van der Waals surface area contributed by atoms with Crippen LogP contribution in [0.2, 0.25) is 5.02 Å². The molecule has 0 unspecified atom stereocenters. The van der Waals surface area contributed by atoms with Gasteiger partial charge in [-0.3, -0.25) is 4.79 Å². The van der Waals surface area contributed by atoms with Gasteiger partial charge in [0.25, 0.3) is 0 Å². The van der Waals surface area contributed by atoms with Gasteiger partial charge in [-0.05, 0) is 78.0 Å². The maximum absolute atomic E-state index is 13.4. The van der Waals surface area contributed by atoms with Gasteiger partial charge in [-0.25, -0.2) is 9.18 Å². The minimum atomic E-state index is -0.569. The van der Waals surface area contributed by atoms with E-state index >= 15 is 0 Å². The lowest BCUT2D eigenvalue weighted by molar-refractivity contribution is -0.116. The summed E-state index contributed by atoms with van der Waals surface area (Å²) in [7, 11) is 1.28. The molecule has 0 aliphatic heterocycles. The number of amides is 1. The predicted molar refractivity (Wildman–Crippen MR) is 138 cm³/mol.